The van der Waals surface area contributed by atoms with E-state index >= 15 is 0 Å². The molecule has 1 aliphatic rings. The molecule has 0 unspecified atom stereocenters. The standard InChI is InChI=1S/C19H22N4O2/c1-14-16(7-8-22-9-11-25-12-10-22)19(24)23(18(21)17(14)13-20)15-5-3-2-4-6-15/h2-6H,7-12,21H2,1H3. The van der Waals surface area contributed by atoms with Crippen molar-refractivity contribution in [3.05, 3.63) is 57.4 Å². The minimum Gasteiger partial charge on any atom is -0.384 e. The van der Waals surface area contributed by atoms with Gasteiger partial charge in [0.1, 0.15) is 11.9 Å². The van der Waals surface area contributed by atoms with Gasteiger partial charge >= 0.3 is 0 Å². The van der Waals surface area contributed by atoms with Crippen molar-refractivity contribution in [2.45, 2.75) is 13.3 Å². The third kappa shape index (κ3) is 3.43. The van der Waals surface area contributed by atoms with Crippen molar-refractivity contribution in [1.82, 2.24) is 9.47 Å². The van der Waals surface area contributed by atoms with E-state index in [-0.39, 0.29) is 11.4 Å². The van der Waals surface area contributed by atoms with Crippen molar-refractivity contribution in [1.29, 1.82) is 5.26 Å². The number of aromatic nitrogens is 1. The molecule has 2 heterocycles. The van der Waals surface area contributed by atoms with Crippen LogP contribution < -0.4 is 11.3 Å². The number of rotatable bonds is 4. The summed E-state index contributed by atoms with van der Waals surface area (Å²) < 4.78 is 6.81. The third-order valence-electron chi connectivity index (χ3n) is 4.69. The van der Waals surface area contributed by atoms with Crippen LogP contribution in [0.1, 0.15) is 16.7 Å². The van der Waals surface area contributed by atoms with Gasteiger partial charge in [0.15, 0.2) is 0 Å². The van der Waals surface area contributed by atoms with Gasteiger partial charge in [-0.25, -0.2) is 0 Å². The molecule has 1 fully saturated rings. The van der Waals surface area contributed by atoms with Crippen LogP contribution in [0, 0.1) is 18.3 Å². The summed E-state index contributed by atoms with van der Waals surface area (Å²) in [5.41, 5.74) is 8.39. The molecule has 0 spiro atoms. The summed E-state index contributed by atoms with van der Waals surface area (Å²) in [4.78, 5) is 15.4. The maximum atomic E-state index is 13.1. The molecule has 25 heavy (non-hydrogen) atoms. The summed E-state index contributed by atoms with van der Waals surface area (Å²) in [6.07, 6.45) is 0.590. The van der Waals surface area contributed by atoms with Gasteiger partial charge in [-0.3, -0.25) is 14.3 Å². The van der Waals surface area contributed by atoms with Gasteiger partial charge in [0.25, 0.3) is 5.56 Å². The second kappa shape index (κ2) is 7.51. The average Bonchev–Trinajstić information content (AvgIpc) is 2.64. The third-order valence-corrected chi connectivity index (χ3v) is 4.69. The number of pyridine rings is 1. The number of para-hydroxylation sites is 1. The van der Waals surface area contributed by atoms with Crippen LogP contribution in [0.25, 0.3) is 5.69 Å². The van der Waals surface area contributed by atoms with Crippen LogP contribution in [0.2, 0.25) is 0 Å². The van der Waals surface area contributed by atoms with Crippen molar-refractivity contribution in [2.24, 2.45) is 0 Å². The van der Waals surface area contributed by atoms with Crippen LogP contribution in [0.4, 0.5) is 5.82 Å². The Morgan fingerprint density at radius 1 is 1.24 bits per heavy atom. The summed E-state index contributed by atoms with van der Waals surface area (Å²) >= 11 is 0. The quantitative estimate of drug-likeness (QED) is 0.913. The lowest BCUT2D eigenvalue weighted by atomic mass is 10.0. The number of morpholine rings is 1. The average molecular weight is 338 g/mol. The van der Waals surface area contributed by atoms with Gasteiger partial charge in [-0.1, -0.05) is 18.2 Å². The summed E-state index contributed by atoms with van der Waals surface area (Å²) in [6.45, 7) is 5.75. The molecule has 0 bridgehead atoms. The van der Waals surface area contributed by atoms with Gasteiger partial charge in [0.2, 0.25) is 0 Å². The Morgan fingerprint density at radius 3 is 2.56 bits per heavy atom. The van der Waals surface area contributed by atoms with Crippen molar-refractivity contribution in [3.63, 3.8) is 0 Å². The molecule has 2 aromatic rings. The fourth-order valence-corrected chi connectivity index (χ4v) is 3.22. The zero-order valence-corrected chi connectivity index (χ0v) is 14.4. The highest BCUT2D eigenvalue weighted by Crippen LogP contribution is 2.21. The minimum absolute atomic E-state index is 0.145. The van der Waals surface area contributed by atoms with E-state index in [1.165, 1.54) is 4.57 Å². The maximum Gasteiger partial charge on any atom is 0.260 e. The number of hydrogen-bond acceptors (Lipinski definition) is 5. The van der Waals surface area contributed by atoms with Crippen LogP contribution in [0.3, 0.4) is 0 Å². The zero-order chi connectivity index (χ0) is 17.8. The second-order valence-corrected chi connectivity index (χ2v) is 6.16. The summed E-state index contributed by atoms with van der Waals surface area (Å²) in [5, 5.41) is 9.53. The fraction of sp³-hybridized carbons (Fsp3) is 0.368. The number of nitrogens with two attached hydrogens (primary N) is 1. The van der Waals surface area contributed by atoms with E-state index in [0.717, 1.165) is 32.8 Å². The maximum absolute atomic E-state index is 13.1. The molecule has 130 valence electrons. The molecule has 1 aromatic heterocycles. The molecule has 2 N–H and O–H groups in total. The Labute approximate surface area is 147 Å². The lowest BCUT2D eigenvalue weighted by molar-refractivity contribution is 0.0384. The fourth-order valence-electron chi connectivity index (χ4n) is 3.22. The van der Waals surface area contributed by atoms with Gasteiger partial charge in [-0.2, -0.15) is 5.26 Å². The Balaban J connectivity index is 2.02. The van der Waals surface area contributed by atoms with Gasteiger partial charge in [-0.05, 0) is 31.0 Å². The summed E-state index contributed by atoms with van der Waals surface area (Å²) in [7, 11) is 0. The van der Waals surface area contributed by atoms with E-state index in [1.54, 1.807) is 6.92 Å². The van der Waals surface area contributed by atoms with Crippen molar-refractivity contribution in [3.8, 4) is 11.8 Å². The molecule has 0 aliphatic carbocycles. The first-order valence-electron chi connectivity index (χ1n) is 8.43. The number of ether oxygens (including phenoxy) is 1. The topological polar surface area (TPSA) is 84.3 Å². The normalized spacial score (nSPS) is 15.0. The van der Waals surface area contributed by atoms with Gasteiger partial charge in [-0.15, -0.1) is 0 Å². The van der Waals surface area contributed by atoms with E-state index in [1.807, 2.05) is 30.3 Å². The van der Waals surface area contributed by atoms with Gasteiger partial charge in [0.05, 0.1) is 24.5 Å². The molecule has 6 nitrogen and oxygen atoms in total. The molecule has 3 rings (SSSR count). The molecular weight excluding hydrogens is 316 g/mol. The van der Waals surface area contributed by atoms with E-state index in [9.17, 15) is 10.1 Å². The van der Waals surface area contributed by atoms with Crippen molar-refractivity contribution >= 4 is 5.82 Å². The Hall–Kier alpha value is -2.62. The Bertz CT molecular complexity index is 846. The Morgan fingerprint density at radius 2 is 1.92 bits per heavy atom. The van der Waals surface area contributed by atoms with Gasteiger partial charge < -0.3 is 10.5 Å². The van der Waals surface area contributed by atoms with E-state index in [2.05, 4.69) is 11.0 Å². The monoisotopic (exact) mass is 338 g/mol. The smallest absolute Gasteiger partial charge is 0.260 e. The molecule has 6 heteroatoms. The van der Waals surface area contributed by atoms with Crippen LogP contribution in [-0.4, -0.2) is 42.3 Å². The molecule has 0 atom stereocenters. The van der Waals surface area contributed by atoms with E-state index in [0.29, 0.717) is 28.8 Å². The van der Waals surface area contributed by atoms with Crippen molar-refractivity contribution in [2.75, 3.05) is 38.6 Å². The number of nitriles is 1. The molecule has 1 aliphatic heterocycles. The Kier molecular flexibility index (Phi) is 5.17. The highest BCUT2D eigenvalue weighted by atomic mass is 16.5. The van der Waals surface area contributed by atoms with Crippen LogP contribution in [0.15, 0.2) is 35.1 Å². The highest BCUT2D eigenvalue weighted by molar-refractivity contribution is 5.59. The number of anilines is 1. The van der Waals surface area contributed by atoms with E-state index in [4.69, 9.17) is 10.5 Å². The number of benzene rings is 1. The lowest BCUT2D eigenvalue weighted by Crippen LogP contribution is -2.38. The summed E-state index contributed by atoms with van der Waals surface area (Å²) in [6, 6.07) is 11.4. The largest absolute Gasteiger partial charge is 0.384 e. The number of hydrogen-bond donors (Lipinski definition) is 1. The minimum atomic E-state index is -0.145. The van der Waals surface area contributed by atoms with Crippen LogP contribution in [0.5, 0.6) is 0 Å². The molecule has 0 radical (unpaired) electrons. The first kappa shape index (κ1) is 17.2. The number of nitrogen functional groups attached to an aromatic ring is 1. The summed E-state index contributed by atoms with van der Waals surface area (Å²) in [5.74, 6) is 0.200. The zero-order valence-electron chi connectivity index (χ0n) is 14.4. The highest BCUT2D eigenvalue weighted by Gasteiger charge is 2.19. The molecule has 0 amide bonds. The molecular formula is C19H22N4O2. The predicted octanol–water partition coefficient (Wildman–Crippen LogP) is 1.47. The van der Waals surface area contributed by atoms with E-state index < -0.39 is 0 Å². The predicted molar refractivity (Wildman–Crippen MR) is 96.9 cm³/mol. The second-order valence-electron chi connectivity index (χ2n) is 6.16. The van der Waals surface area contributed by atoms with Crippen LogP contribution in [-0.2, 0) is 11.2 Å². The van der Waals surface area contributed by atoms with Crippen LogP contribution >= 0.6 is 0 Å². The van der Waals surface area contributed by atoms with Gasteiger partial charge in [0, 0.05) is 25.2 Å². The molecule has 0 saturated carbocycles. The van der Waals surface area contributed by atoms with Crippen molar-refractivity contribution < 1.29 is 4.74 Å². The molecule has 1 saturated heterocycles. The molecule has 1 aromatic carbocycles. The first-order chi connectivity index (χ1) is 12.1. The lowest BCUT2D eigenvalue weighted by Gasteiger charge is -2.27. The number of nitrogens with zero attached hydrogens (tertiary/aromatic N) is 3. The first-order valence-corrected chi connectivity index (χ1v) is 8.43. The SMILES string of the molecule is Cc1c(C#N)c(N)n(-c2ccccc2)c(=O)c1CCN1CCOCC1.